The highest BCUT2D eigenvalue weighted by Gasteiger charge is 2.08. The predicted octanol–water partition coefficient (Wildman–Crippen LogP) is 3.40. The monoisotopic (exact) mass is 298 g/mol. The number of hydrogen-bond donors (Lipinski definition) is 1. The number of benzene rings is 2. The van der Waals surface area contributed by atoms with E-state index in [1.54, 1.807) is 19.1 Å². The van der Waals surface area contributed by atoms with Crippen molar-refractivity contribution in [2.24, 2.45) is 5.18 Å². The van der Waals surface area contributed by atoms with Gasteiger partial charge in [-0.1, -0.05) is 36.4 Å². The normalized spacial score (nSPS) is 10.2. The van der Waals surface area contributed by atoms with Crippen LogP contribution in [0.1, 0.15) is 12.5 Å². The number of nitroso groups, excluding NO2 is 1. The molecular weight excluding hydrogens is 280 g/mol. The summed E-state index contributed by atoms with van der Waals surface area (Å²) in [6.07, 6.45) is 0. The van der Waals surface area contributed by atoms with Crippen molar-refractivity contribution in [1.82, 2.24) is 5.32 Å². The molecule has 0 heterocycles. The van der Waals surface area contributed by atoms with E-state index in [4.69, 9.17) is 4.74 Å². The smallest absolute Gasteiger partial charge is 0.319 e. The van der Waals surface area contributed by atoms with Gasteiger partial charge in [0.25, 0.3) is 0 Å². The number of carbonyl (C=O) groups is 1. The minimum absolute atomic E-state index is 0.126. The molecule has 0 saturated carbocycles. The van der Waals surface area contributed by atoms with E-state index in [-0.39, 0.29) is 12.5 Å². The summed E-state index contributed by atoms with van der Waals surface area (Å²) in [5.74, 6) is -0.298. The topological polar surface area (TPSA) is 67.8 Å². The average molecular weight is 298 g/mol. The second-order valence-electron chi connectivity index (χ2n) is 4.71. The summed E-state index contributed by atoms with van der Waals surface area (Å²) in [5, 5.41) is 6.00. The quantitative estimate of drug-likeness (QED) is 0.628. The molecule has 0 saturated heterocycles. The first-order valence-corrected chi connectivity index (χ1v) is 7.12. The van der Waals surface area contributed by atoms with Gasteiger partial charge < -0.3 is 10.1 Å². The summed E-state index contributed by atoms with van der Waals surface area (Å²) in [5.41, 5.74) is 3.33. The van der Waals surface area contributed by atoms with E-state index in [2.05, 4.69) is 10.5 Å². The fraction of sp³-hybridized carbons (Fsp3) is 0.235. The maximum Gasteiger partial charge on any atom is 0.319 e. The standard InChI is InChI=1S/C17H18N2O3/c1-2-22-17(20)12-18-11-14-10-15(19-21)8-9-16(14)13-6-4-3-5-7-13/h3-10,18H,2,11-12H2,1H3. The van der Waals surface area contributed by atoms with E-state index in [1.807, 2.05) is 36.4 Å². The van der Waals surface area contributed by atoms with Gasteiger partial charge in [0, 0.05) is 6.54 Å². The van der Waals surface area contributed by atoms with Gasteiger partial charge in [-0.25, -0.2) is 0 Å². The van der Waals surface area contributed by atoms with Crippen molar-refractivity contribution in [2.45, 2.75) is 13.5 Å². The number of esters is 1. The third-order valence-electron chi connectivity index (χ3n) is 3.17. The zero-order chi connectivity index (χ0) is 15.8. The fourth-order valence-electron chi connectivity index (χ4n) is 2.19. The van der Waals surface area contributed by atoms with Gasteiger partial charge in [0.15, 0.2) is 0 Å². The minimum atomic E-state index is -0.298. The van der Waals surface area contributed by atoms with Crippen LogP contribution in [0.15, 0.2) is 53.7 Å². The molecule has 2 aromatic rings. The molecule has 0 unspecified atom stereocenters. The molecule has 5 nitrogen and oxygen atoms in total. The number of carbonyl (C=O) groups excluding carboxylic acids is 1. The van der Waals surface area contributed by atoms with E-state index < -0.39 is 0 Å². The molecule has 0 amide bonds. The Morgan fingerprint density at radius 3 is 2.64 bits per heavy atom. The van der Waals surface area contributed by atoms with Gasteiger partial charge in [-0.05, 0) is 40.9 Å². The number of nitrogens with zero attached hydrogens (tertiary/aromatic N) is 1. The van der Waals surface area contributed by atoms with E-state index in [0.717, 1.165) is 16.7 Å². The highest BCUT2D eigenvalue weighted by Crippen LogP contribution is 2.27. The predicted molar refractivity (Wildman–Crippen MR) is 85.7 cm³/mol. The average Bonchev–Trinajstić information content (AvgIpc) is 2.56. The van der Waals surface area contributed by atoms with Crippen molar-refractivity contribution in [3.8, 4) is 11.1 Å². The lowest BCUT2D eigenvalue weighted by Gasteiger charge is -2.11. The van der Waals surface area contributed by atoms with Crippen LogP contribution in [0, 0.1) is 4.91 Å². The van der Waals surface area contributed by atoms with E-state index in [1.165, 1.54) is 0 Å². The highest BCUT2D eigenvalue weighted by atomic mass is 16.5. The first-order chi connectivity index (χ1) is 10.7. The molecule has 0 atom stereocenters. The molecule has 0 aliphatic carbocycles. The minimum Gasteiger partial charge on any atom is -0.465 e. The van der Waals surface area contributed by atoms with Crippen molar-refractivity contribution in [1.29, 1.82) is 0 Å². The van der Waals surface area contributed by atoms with Crippen LogP contribution in [0.3, 0.4) is 0 Å². The zero-order valence-electron chi connectivity index (χ0n) is 12.4. The molecule has 5 heteroatoms. The van der Waals surface area contributed by atoms with Crippen LogP contribution in [-0.2, 0) is 16.1 Å². The molecule has 0 aliphatic rings. The van der Waals surface area contributed by atoms with Gasteiger partial charge in [0.1, 0.15) is 5.69 Å². The Kier molecular flexibility index (Phi) is 5.80. The molecule has 22 heavy (non-hydrogen) atoms. The van der Waals surface area contributed by atoms with Crippen LogP contribution < -0.4 is 5.32 Å². The van der Waals surface area contributed by atoms with Crippen molar-refractivity contribution >= 4 is 11.7 Å². The largest absolute Gasteiger partial charge is 0.465 e. The first kappa shape index (κ1) is 15.9. The van der Waals surface area contributed by atoms with Crippen molar-refractivity contribution in [3.05, 3.63) is 59.0 Å². The Hall–Kier alpha value is -2.53. The molecule has 0 radical (unpaired) electrons. The van der Waals surface area contributed by atoms with E-state index >= 15 is 0 Å². The van der Waals surface area contributed by atoms with Crippen LogP contribution in [0.5, 0.6) is 0 Å². The Bertz CT molecular complexity index is 642. The van der Waals surface area contributed by atoms with Crippen LogP contribution in [0.25, 0.3) is 11.1 Å². The van der Waals surface area contributed by atoms with Crippen LogP contribution in [-0.4, -0.2) is 19.1 Å². The van der Waals surface area contributed by atoms with E-state index in [0.29, 0.717) is 18.8 Å². The van der Waals surface area contributed by atoms with Crippen molar-refractivity contribution in [3.63, 3.8) is 0 Å². The van der Waals surface area contributed by atoms with Gasteiger partial charge in [-0.3, -0.25) is 4.79 Å². The highest BCUT2D eigenvalue weighted by molar-refractivity contribution is 5.72. The molecule has 0 aliphatic heterocycles. The van der Waals surface area contributed by atoms with Crippen molar-refractivity contribution < 1.29 is 9.53 Å². The Labute approximate surface area is 129 Å². The van der Waals surface area contributed by atoms with Gasteiger partial charge in [0.05, 0.1) is 13.2 Å². The Morgan fingerprint density at radius 1 is 1.18 bits per heavy atom. The summed E-state index contributed by atoms with van der Waals surface area (Å²) < 4.78 is 4.87. The third-order valence-corrected chi connectivity index (χ3v) is 3.17. The Morgan fingerprint density at radius 2 is 1.95 bits per heavy atom. The molecular formula is C17H18N2O3. The third kappa shape index (κ3) is 4.23. The number of ether oxygens (including phenoxy) is 1. The van der Waals surface area contributed by atoms with Gasteiger partial charge in [-0.15, -0.1) is 4.91 Å². The molecule has 0 spiro atoms. The number of rotatable bonds is 7. The van der Waals surface area contributed by atoms with Crippen LogP contribution >= 0.6 is 0 Å². The lowest BCUT2D eigenvalue weighted by atomic mass is 9.99. The molecule has 2 rings (SSSR count). The molecule has 0 fully saturated rings. The molecule has 0 aromatic heterocycles. The number of hydrogen-bond acceptors (Lipinski definition) is 5. The van der Waals surface area contributed by atoms with Gasteiger partial charge >= 0.3 is 5.97 Å². The lowest BCUT2D eigenvalue weighted by molar-refractivity contribution is -0.142. The summed E-state index contributed by atoms with van der Waals surface area (Å²) in [6, 6.07) is 15.1. The van der Waals surface area contributed by atoms with Crippen LogP contribution in [0.2, 0.25) is 0 Å². The van der Waals surface area contributed by atoms with Crippen molar-refractivity contribution in [2.75, 3.05) is 13.2 Å². The van der Waals surface area contributed by atoms with E-state index in [9.17, 15) is 9.70 Å². The molecule has 2 aromatic carbocycles. The molecule has 0 bridgehead atoms. The first-order valence-electron chi connectivity index (χ1n) is 7.12. The SMILES string of the molecule is CCOC(=O)CNCc1cc(N=O)ccc1-c1ccccc1. The summed E-state index contributed by atoms with van der Waals surface area (Å²) >= 11 is 0. The summed E-state index contributed by atoms with van der Waals surface area (Å²) in [4.78, 5) is 22.1. The van der Waals surface area contributed by atoms with Gasteiger partial charge in [-0.2, -0.15) is 0 Å². The maximum absolute atomic E-state index is 11.4. The molecule has 114 valence electrons. The zero-order valence-corrected chi connectivity index (χ0v) is 12.4. The van der Waals surface area contributed by atoms with Gasteiger partial charge in [0.2, 0.25) is 0 Å². The molecule has 1 N–H and O–H groups in total. The summed E-state index contributed by atoms with van der Waals surface area (Å²) in [7, 11) is 0. The second-order valence-corrected chi connectivity index (χ2v) is 4.71. The maximum atomic E-state index is 11.4. The Balaban J connectivity index is 2.17. The number of nitrogens with one attached hydrogen (secondary N) is 1. The van der Waals surface area contributed by atoms with Crippen LogP contribution in [0.4, 0.5) is 5.69 Å². The lowest BCUT2D eigenvalue weighted by Crippen LogP contribution is -2.24. The summed E-state index contributed by atoms with van der Waals surface area (Å²) in [6.45, 7) is 2.71. The second kappa shape index (κ2) is 8.05. The fourth-order valence-corrected chi connectivity index (χ4v) is 2.19.